The van der Waals surface area contributed by atoms with E-state index in [2.05, 4.69) is 0 Å². The molecule has 0 unspecified atom stereocenters. The number of hydrogen-bond donors (Lipinski definition) is 0. The van der Waals surface area contributed by atoms with E-state index in [1.54, 1.807) is 24.3 Å². The Balaban J connectivity index is 0.00000220. The van der Waals surface area contributed by atoms with Crippen LogP contribution in [0.2, 0.25) is 5.02 Å². The summed E-state index contributed by atoms with van der Waals surface area (Å²) in [5, 5.41) is 0.397. The molecule has 0 atom stereocenters. The zero-order valence-corrected chi connectivity index (χ0v) is 15.0. The fourth-order valence-corrected chi connectivity index (χ4v) is 1.87. The summed E-state index contributed by atoms with van der Waals surface area (Å²) in [5.41, 5.74) is -0.531. The molecule has 0 saturated carbocycles. The van der Waals surface area contributed by atoms with Crippen molar-refractivity contribution in [2.45, 2.75) is 6.61 Å². The van der Waals surface area contributed by atoms with E-state index in [0.29, 0.717) is 16.7 Å². The SMILES string of the molecule is Fc1ccc(OCc2ccccc2Cl)c([B-](F)(F)F)c1.[K+]. The summed E-state index contributed by atoms with van der Waals surface area (Å²) < 4.78 is 56.5. The van der Waals surface area contributed by atoms with Crippen LogP contribution in [0.4, 0.5) is 17.3 Å². The second-order valence-corrected chi connectivity index (χ2v) is 4.54. The first kappa shape index (κ1) is 19.0. The second-order valence-electron chi connectivity index (χ2n) is 4.14. The zero-order chi connectivity index (χ0) is 14.8. The van der Waals surface area contributed by atoms with Crippen molar-refractivity contribution in [1.82, 2.24) is 0 Å². The molecule has 2 rings (SSSR count). The molecule has 0 radical (unpaired) electrons. The van der Waals surface area contributed by atoms with Gasteiger partial charge in [0.1, 0.15) is 12.4 Å². The number of hydrogen-bond acceptors (Lipinski definition) is 1. The number of rotatable bonds is 4. The minimum absolute atomic E-state index is 0. The van der Waals surface area contributed by atoms with E-state index >= 15 is 0 Å². The maximum atomic E-state index is 12.9. The van der Waals surface area contributed by atoms with Crippen LogP contribution >= 0.6 is 11.6 Å². The van der Waals surface area contributed by atoms with E-state index in [1.807, 2.05) is 0 Å². The van der Waals surface area contributed by atoms with Gasteiger partial charge in [0.15, 0.2) is 0 Å². The molecular weight excluding hydrogens is 333 g/mol. The van der Waals surface area contributed by atoms with Gasteiger partial charge in [0.05, 0.1) is 5.75 Å². The van der Waals surface area contributed by atoms with Crippen LogP contribution in [-0.4, -0.2) is 6.98 Å². The van der Waals surface area contributed by atoms with Gasteiger partial charge in [-0.2, -0.15) is 0 Å². The molecule has 1 nitrogen and oxygen atoms in total. The fourth-order valence-electron chi connectivity index (χ4n) is 1.68. The van der Waals surface area contributed by atoms with Crippen LogP contribution in [0.15, 0.2) is 42.5 Å². The first-order valence-corrected chi connectivity index (χ1v) is 6.11. The van der Waals surface area contributed by atoms with Gasteiger partial charge in [0.25, 0.3) is 0 Å². The first-order chi connectivity index (χ1) is 9.38. The average Bonchev–Trinajstić information content (AvgIpc) is 2.38. The monoisotopic (exact) mass is 342 g/mol. The van der Waals surface area contributed by atoms with Crippen LogP contribution in [0.3, 0.4) is 0 Å². The molecular formula is C13H9BClF4KO. The van der Waals surface area contributed by atoms with Gasteiger partial charge in [-0.25, -0.2) is 4.39 Å². The minimum Gasteiger partial charge on any atom is -0.492 e. The predicted molar refractivity (Wildman–Crippen MR) is 70.9 cm³/mol. The molecule has 0 amide bonds. The molecule has 0 saturated heterocycles. The Labute approximate surface area is 167 Å². The second kappa shape index (κ2) is 7.99. The summed E-state index contributed by atoms with van der Waals surface area (Å²) >= 11 is 5.89. The van der Waals surface area contributed by atoms with Gasteiger partial charge in [0, 0.05) is 10.6 Å². The van der Waals surface area contributed by atoms with Gasteiger partial charge in [-0.15, -0.1) is 0 Å². The number of benzene rings is 2. The van der Waals surface area contributed by atoms with Gasteiger partial charge in [-0.3, -0.25) is 0 Å². The smallest absolute Gasteiger partial charge is 0.492 e. The van der Waals surface area contributed by atoms with Crippen molar-refractivity contribution >= 4 is 24.0 Å². The molecule has 21 heavy (non-hydrogen) atoms. The molecule has 0 N–H and O–H groups in total. The van der Waals surface area contributed by atoms with E-state index in [1.165, 1.54) is 0 Å². The first-order valence-electron chi connectivity index (χ1n) is 5.73. The standard InChI is InChI=1S/C13H9BClF4O.K/c15-12-4-2-1-3-9(12)8-20-13-6-5-10(16)7-11(13)14(17,18)19;/h1-7H,8H2;/q-1;+1. The molecule has 0 spiro atoms. The molecule has 0 heterocycles. The van der Waals surface area contributed by atoms with E-state index < -0.39 is 24.0 Å². The van der Waals surface area contributed by atoms with Crippen LogP contribution < -0.4 is 61.6 Å². The van der Waals surface area contributed by atoms with Crippen molar-refractivity contribution in [3.63, 3.8) is 0 Å². The van der Waals surface area contributed by atoms with Crippen molar-refractivity contribution in [3.8, 4) is 5.75 Å². The molecule has 0 bridgehead atoms. The summed E-state index contributed by atoms with van der Waals surface area (Å²) in [6.07, 6.45) is 0. The van der Waals surface area contributed by atoms with E-state index in [-0.39, 0.29) is 58.0 Å². The normalized spacial score (nSPS) is 10.9. The summed E-state index contributed by atoms with van der Waals surface area (Å²) in [5.74, 6) is -1.36. The molecule has 0 fully saturated rings. The van der Waals surface area contributed by atoms with Crippen molar-refractivity contribution in [1.29, 1.82) is 0 Å². The predicted octanol–water partition coefficient (Wildman–Crippen LogP) is 1.12. The summed E-state index contributed by atoms with van der Waals surface area (Å²) in [7, 11) is 0. The molecule has 0 aliphatic rings. The molecule has 2 aromatic rings. The van der Waals surface area contributed by atoms with Crippen molar-refractivity contribution in [2.24, 2.45) is 0 Å². The van der Waals surface area contributed by atoms with Crippen LogP contribution in [0.1, 0.15) is 5.56 Å². The Kier molecular flexibility index (Phi) is 7.23. The third-order valence-electron chi connectivity index (χ3n) is 2.67. The molecule has 106 valence electrons. The largest absolute Gasteiger partial charge is 1.00 e. The molecule has 8 heteroatoms. The van der Waals surface area contributed by atoms with Crippen molar-refractivity contribution in [3.05, 3.63) is 58.9 Å². The van der Waals surface area contributed by atoms with Crippen molar-refractivity contribution < 1.29 is 73.5 Å². The maximum absolute atomic E-state index is 12.9. The number of halogens is 5. The molecule has 0 aliphatic carbocycles. The quantitative estimate of drug-likeness (QED) is 0.598. The van der Waals surface area contributed by atoms with Gasteiger partial charge < -0.3 is 17.7 Å². The Bertz CT molecular complexity index is 621. The Morgan fingerprint density at radius 1 is 1.05 bits per heavy atom. The van der Waals surface area contributed by atoms with Gasteiger partial charge in [-0.1, -0.05) is 35.3 Å². The third kappa shape index (κ3) is 5.26. The van der Waals surface area contributed by atoms with Gasteiger partial charge in [0.2, 0.25) is 0 Å². The van der Waals surface area contributed by atoms with E-state index in [0.717, 1.165) is 12.1 Å². The van der Waals surface area contributed by atoms with E-state index in [4.69, 9.17) is 16.3 Å². The number of ether oxygens (including phenoxy) is 1. The van der Waals surface area contributed by atoms with Crippen LogP contribution in [0.25, 0.3) is 0 Å². The third-order valence-corrected chi connectivity index (χ3v) is 3.03. The summed E-state index contributed by atoms with van der Waals surface area (Å²) in [6.45, 7) is -5.47. The van der Waals surface area contributed by atoms with Crippen molar-refractivity contribution in [2.75, 3.05) is 0 Å². The molecule has 0 aromatic heterocycles. The minimum atomic E-state index is -5.35. The topological polar surface area (TPSA) is 9.23 Å². The van der Waals surface area contributed by atoms with Crippen LogP contribution in [0, 0.1) is 5.82 Å². The Hall–Kier alpha value is -0.0487. The Morgan fingerprint density at radius 3 is 2.33 bits per heavy atom. The summed E-state index contributed by atoms with van der Waals surface area (Å²) in [4.78, 5) is 0. The zero-order valence-electron chi connectivity index (χ0n) is 11.1. The van der Waals surface area contributed by atoms with Gasteiger partial charge >= 0.3 is 58.4 Å². The van der Waals surface area contributed by atoms with Gasteiger partial charge in [-0.05, 0) is 24.3 Å². The van der Waals surface area contributed by atoms with Crippen LogP contribution in [0.5, 0.6) is 5.75 Å². The molecule has 0 aliphatic heterocycles. The average molecular weight is 343 g/mol. The van der Waals surface area contributed by atoms with E-state index in [9.17, 15) is 17.3 Å². The fraction of sp³-hybridized carbons (Fsp3) is 0.0769. The molecule has 2 aromatic carbocycles. The Morgan fingerprint density at radius 2 is 1.71 bits per heavy atom. The summed E-state index contributed by atoms with van der Waals surface area (Å²) in [6, 6.07) is 8.98. The van der Waals surface area contributed by atoms with Crippen LogP contribution in [-0.2, 0) is 6.61 Å². The maximum Gasteiger partial charge on any atom is 1.00 e.